The van der Waals surface area contributed by atoms with Gasteiger partial charge < -0.3 is 10.6 Å². The van der Waals surface area contributed by atoms with Crippen LogP contribution in [0.2, 0.25) is 0 Å². The van der Waals surface area contributed by atoms with Crippen LogP contribution < -0.4 is 10.6 Å². The number of hydrogen-bond acceptors (Lipinski definition) is 3. The molecular formula is C11H23N3O. The van der Waals surface area contributed by atoms with E-state index in [9.17, 15) is 4.79 Å². The fourth-order valence-corrected chi connectivity index (χ4v) is 2.14. The Kier molecular flexibility index (Phi) is 5.65. The molecule has 1 fully saturated rings. The first-order valence-corrected chi connectivity index (χ1v) is 5.93. The average Bonchev–Trinajstić information content (AvgIpc) is 2.71. The normalized spacial score (nSPS) is 21.9. The van der Waals surface area contributed by atoms with Crippen LogP contribution in [0.4, 0.5) is 0 Å². The van der Waals surface area contributed by atoms with Gasteiger partial charge in [0, 0.05) is 32.6 Å². The monoisotopic (exact) mass is 213 g/mol. The summed E-state index contributed by atoms with van der Waals surface area (Å²) >= 11 is 0. The minimum atomic E-state index is 0.112. The van der Waals surface area contributed by atoms with Crippen molar-refractivity contribution < 1.29 is 4.79 Å². The summed E-state index contributed by atoms with van der Waals surface area (Å²) in [5, 5.41) is 5.98. The molecule has 1 heterocycles. The van der Waals surface area contributed by atoms with E-state index in [-0.39, 0.29) is 5.91 Å². The molecular weight excluding hydrogens is 190 g/mol. The molecule has 1 amide bonds. The number of hydrogen-bond donors (Lipinski definition) is 2. The van der Waals surface area contributed by atoms with Crippen molar-refractivity contribution in [2.24, 2.45) is 0 Å². The van der Waals surface area contributed by atoms with E-state index in [0.29, 0.717) is 12.5 Å². The Balaban J connectivity index is 2.06. The van der Waals surface area contributed by atoms with E-state index in [2.05, 4.69) is 22.5 Å². The summed E-state index contributed by atoms with van der Waals surface area (Å²) in [5.41, 5.74) is 0. The van der Waals surface area contributed by atoms with E-state index in [1.165, 1.54) is 19.4 Å². The summed E-state index contributed by atoms with van der Waals surface area (Å²) in [5.74, 6) is 0.112. The zero-order chi connectivity index (χ0) is 11.1. The first kappa shape index (κ1) is 12.5. The number of carbonyl (C=O) groups is 1. The lowest BCUT2D eigenvalue weighted by molar-refractivity contribution is -0.120. The number of rotatable bonds is 6. The molecule has 15 heavy (non-hydrogen) atoms. The van der Waals surface area contributed by atoms with Crippen molar-refractivity contribution in [2.45, 2.75) is 32.2 Å². The summed E-state index contributed by atoms with van der Waals surface area (Å²) in [7, 11) is 1.68. The highest BCUT2D eigenvalue weighted by Crippen LogP contribution is 2.15. The first-order valence-electron chi connectivity index (χ1n) is 5.93. The second-order valence-corrected chi connectivity index (χ2v) is 4.05. The van der Waals surface area contributed by atoms with Gasteiger partial charge in [0.05, 0.1) is 0 Å². The molecule has 1 aliphatic rings. The van der Waals surface area contributed by atoms with Crippen LogP contribution in [0, 0.1) is 0 Å². The topological polar surface area (TPSA) is 44.4 Å². The lowest BCUT2D eigenvalue weighted by atomic mass is 10.2. The molecule has 1 rings (SSSR count). The van der Waals surface area contributed by atoms with Gasteiger partial charge in [-0.05, 0) is 25.9 Å². The molecule has 1 atom stereocenters. The second kappa shape index (κ2) is 6.80. The summed E-state index contributed by atoms with van der Waals surface area (Å²) in [6.07, 6.45) is 3.19. The van der Waals surface area contributed by atoms with E-state index in [0.717, 1.165) is 19.6 Å². The van der Waals surface area contributed by atoms with Crippen molar-refractivity contribution in [3.05, 3.63) is 0 Å². The van der Waals surface area contributed by atoms with Crippen LogP contribution in [0.5, 0.6) is 0 Å². The Bertz CT molecular complexity index is 196. The quantitative estimate of drug-likeness (QED) is 0.619. The van der Waals surface area contributed by atoms with Gasteiger partial charge in [0.1, 0.15) is 0 Å². The molecule has 1 saturated heterocycles. The third-order valence-corrected chi connectivity index (χ3v) is 3.09. The predicted molar refractivity (Wildman–Crippen MR) is 61.8 cm³/mol. The van der Waals surface area contributed by atoms with Crippen molar-refractivity contribution in [1.29, 1.82) is 0 Å². The molecule has 0 aromatic rings. The number of nitrogens with zero attached hydrogens (tertiary/aromatic N) is 1. The minimum Gasteiger partial charge on any atom is -0.359 e. The SMILES string of the molecule is CCN1CCCC1CNCCC(=O)NC. The van der Waals surface area contributed by atoms with Gasteiger partial charge in [-0.1, -0.05) is 6.92 Å². The van der Waals surface area contributed by atoms with Crippen molar-refractivity contribution in [1.82, 2.24) is 15.5 Å². The fraction of sp³-hybridized carbons (Fsp3) is 0.909. The van der Waals surface area contributed by atoms with Crippen LogP contribution in [-0.2, 0) is 4.79 Å². The molecule has 1 unspecified atom stereocenters. The van der Waals surface area contributed by atoms with Crippen LogP contribution in [0.1, 0.15) is 26.2 Å². The molecule has 0 aromatic carbocycles. The van der Waals surface area contributed by atoms with Gasteiger partial charge in [-0.3, -0.25) is 9.69 Å². The van der Waals surface area contributed by atoms with Gasteiger partial charge >= 0.3 is 0 Å². The Morgan fingerprint density at radius 2 is 2.33 bits per heavy atom. The minimum absolute atomic E-state index is 0.112. The van der Waals surface area contributed by atoms with E-state index in [1.54, 1.807) is 7.05 Å². The average molecular weight is 213 g/mol. The van der Waals surface area contributed by atoms with E-state index in [1.807, 2.05) is 0 Å². The molecule has 2 N–H and O–H groups in total. The van der Waals surface area contributed by atoms with Gasteiger partial charge in [0.25, 0.3) is 0 Å². The van der Waals surface area contributed by atoms with Gasteiger partial charge in [-0.2, -0.15) is 0 Å². The fourth-order valence-electron chi connectivity index (χ4n) is 2.14. The van der Waals surface area contributed by atoms with Crippen molar-refractivity contribution in [2.75, 3.05) is 33.2 Å². The number of amides is 1. The van der Waals surface area contributed by atoms with Crippen LogP contribution in [0.3, 0.4) is 0 Å². The summed E-state index contributed by atoms with van der Waals surface area (Å²) in [6, 6.07) is 0.680. The number of likely N-dealkylation sites (N-methyl/N-ethyl adjacent to an activating group) is 1. The Morgan fingerprint density at radius 1 is 1.53 bits per heavy atom. The maximum absolute atomic E-state index is 11.0. The summed E-state index contributed by atoms with van der Waals surface area (Å²) in [6.45, 7) is 6.39. The largest absolute Gasteiger partial charge is 0.359 e. The second-order valence-electron chi connectivity index (χ2n) is 4.05. The molecule has 88 valence electrons. The maximum Gasteiger partial charge on any atom is 0.221 e. The van der Waals surface area contributed by atoms with Crippen molar-refractivity contribution >= 4 is 5.91 Å². The van der Waals surface area contributed by atoms with Crippen LogP contribution in [0.25, 0.3) is 0 Å². The zero-order valence-electron chi connectivity index (χ0n) is 9.88. The molecule has 0 aromatic heterocycles. The molecule has 0 aliphatic carbocycles. The van der Waals surface area contributed by atoms with E-state index < -0.39 is 0 Å². The summed E-state index contributed by atoms with van der Waals surface area (Å²) in [4.78, 5) is 13.5. The molecule has 1 aliphatic heterocycles. The number of carbonyl (C=O) groups excluding carboxylic acids is 1. The number of likely N-dealkylation sites (tertiary alicyclic amines) is 1. The summed E-state index contributed by atoms with van der Waals surface area (Å²) < 4.78 is 0. The van der Waals surface area contributed by atoms with Crippen LogP contribution >= 0.6 is 0 Å². The van der Waals surface area contributed by atoms with Gasteiger partial charge in [-0.15, -0.1) is 0 Å². The third-order valence-electron chi connectivity index (χ3n) is 3.09. The van der Waals surface area contributed by atoms with E-state index >= 15 is 0 Å². The highest BCUT2D eigenvalue weighted by molar-refractivity contribution is 5.75. The molecule has 0 spiro atoms. The van der Waals surface area contributed by atoms with Gasteiger partial charge in [0.15, 0.2) is 0 Å². The van der Waals surface area contributed by atoms with Gasteiger partial charge in [-0.25, -0.2) is 0 Å². The molecule has 4 heteroatoms. The predicted octanol–water partition coefficient (Wildman–Crippen LogP) is 0.196. The molecule has 4 nitrogen and oxygen atoms in total. The highest BCUT2D eigenvalue weighted by atomic mass is 16.1. The number of nitrogens with one attached hydrogen (secondary N) is 2. The highest BCUT2D eigenvalue weighted by Gasteiger charge is 2.21. The Hall–Kier alpha value is -0.610. The van der Waals surface area contributed by atoms with Crippen LogP contribution in [-0.4, -0.2) is 50.1 Å². The zero-order valence-corrected chi connectivity index (χ0v) is 9.88. The van der Waals surface area contributed by atoms with Gasteiger partial charge in [0.2, 0.25) is 5.91 Å². The smallest absolute Gasteiger partial charge is 0.221 e. The van der Waals surface area contributed by atoms with E-state index in [4.69, 9.17) is 0 Å². The lowest BCUT2D eigenvalue weighted by Gasteiger charge is -2.22. The Morgan fingerprint density at radius 3 is 3.00 bits per heavy atom. The molecule has 0 radical (unpaired) electrons. The van der Waals surface area contributed by atoms with Crippen molar-refractivity contribution in [3.63, 3.8) is 0 Å². The molecule has 0 bridgehead atoms. The van der Waals surface area contributed by atoms with Crippen LogP contribution in [0.15, 0.2) is 0 Å². The Labute approximate surface area is 92.4 Å². The first-order chi connectivity index (χ1) is 7.27. The van der Waals surface area contributed by atoms with Crippen molar-refractivity contribution in [3.8, 4) is 0 Å². The standard InChI is InChI=1S/C11H23N3O/c1-3-14-8-4-5-10(14)9-13-7-6-11(15)12-2/h10,13H,3-9H2,1-2H3,(H,12,15). The third kappa shape index (κ3) is 4.18. The molecule has 0 saturated carbocycles. The lowest BCUT2D eigenvalue weighted by Crippen LogP contribution is -2.38. The maximum atomic E-state index is 11.0.